The third kappa shape index (κ3) is 4.82. The Morgan fingerprint density at radius 3 is 2.70 bits per heavy atom. The molecule has 1 N–H and O–H groups in total. The van der Waals surface area contributed by atoms with Gasteiger partial charge in [-0.1, -0.05) is 31.5 Å². The first-order valence-corrected chi connectivity index (χ1v) is 7.96. The van der Waals surface area contributed by atoms with Crippen LogP contribution in [0.1, 0.15) is 51.2 Å². The van der Waals surface area contributed by atoms with Gasteiger partial charge < -0.3 is 10.1 Å². The summed E-state index contributed by atoms with van der Waals surface area (Å²) >= 11 is 0. The monoisotopic (exact) mass is 275 g/mol. The van der Waals surface area contributed by atoms with Gasteiger partial charge in [0.2, 0.25) is 0 Å². The Balaban J connectivity index is 1.92. The van der Waals surface area contributed by atoms with Crippen LogP contribution in [0.2, 0.25) is 0 Å². The molecule has 1 aliphatic rings. The molecule has 2 heteroatoms. The molecule has 1 saturated carbocycles. The van der Waals surface area contributed by atoms with Gasteiger partial charge in [0.25, 0.3) is 0 Å². The number of hydrogen-bond donors (Lipinski definition) is 1. The lowest BCUT2D eigenvalue weighted by Crippen LogP contribution is -2.31. The normalized spacial score (nSPS) is 15.4. The highest BCUT2D eigenvalue weighted by Crippen LogP contribution is 2.28. The van der Waals surface area contributed by atoms with Gasteiger partial charge in [-0.15, -0.1) is 0 Å². The molecular weight excluding hydrogens is 246 g/mol. The van der Waals surface area contributed by atoms with Crippen molar-refractivity contribution in [3.63, 3.8) is 0 Å². The molecule has 1 fully saturated rings. The first-order valence-electron chi connectivity index (χ1n) is 7.96. The summed E-state index contributed by atoms with van der Waals surface area (Å²) in [5.41, 5.74) is 3.01. The lowest BCUT2D eigenvalue weighted by Gasteiger charge is -2.25. The number of aryl methyl sites for hydroxylation is 2. The largest absolute Gasteiger partial charge is 0.494 e. The average Bonchev–Trinajstić information content (AvgIpc) is 3.21. The van der Waals surface area contributed by atoms with Crippen LogP contribution in [0, 0.1) is 12.3 Å². The second kappa shape index (κ2) is 6.62. The van der Waals surface area contributed by atoms with Crippen molar-refractivity contribution in [3.8, 4) is 5.75 Å². The fraction of sp³-hybridized carbons (Fsp3) is 0.667. The van der Waals surface area contributed by atoms with Gasteiger partial charge in [-0.3, -0.25) is 0 Å². The van der Waals surface area contributed by atoms with E-state index in [1.165, 1.54) is 30.4 Å². The van der Waals surface area contributed by atoms with E-state index in [1.54, 1.807) is 0 Å². The lowest BCUT2D eigenvalue weighted by molar-refractivity contribution is 0.306. The maximum Gasteiger partial charge on any atom is 0.122 e. The van der Waals surface area contributed by atoms with Gasteiger partial charge >= 0.3 is 0 Å². The van der Waals surface area contributed by atoms with Crippen molar-refractivity contribution >= 4 is 0 Å². The topological polar surface area (TPSA) is 21.3 Å². The van der Waals surface area contributed by atoms with Crippen LogP contribution in [0.15, 0.2) is 18.2 Å². The van der Waals surface area contributed by atoms with Gasteiger partial charge in [-0.2, -0.15) is 0 Å². The molecule has 1 aromatic rings. The molecule has 0 aliphatic heterocycles. The summed E-state index contributed by atoms with van der Waals surface area (Å²) in [5.74, 6) is 1.06. The van der Waals surface area contributed by atoms with E-state index in [4.69, 9.17) is 4.74 Å². The Kier molecular flexibility index (Phi) is 5.09. The van der Waals surface area contributed by atoms with E-state index < -0.39 is 0 Å². The highest BCUT2D eigenvalue weighted by atomic mass is 16.5. The second-order valence-electron chi connectivity index (χ2n) is 6.86. The first-order chi connectivity index (χ1) is 9.50. The van der Waals surface area contributed by atoms with E-state index in [1.807, 2.05) is 6.92 Å². The fourth-order valence-electron chi connectivity index (χ4n) is 2.47. The first kappa shape index (κ1) is 15.4. The smallest absolute Gasteiger partial charge is 0.122 e. The van der Waals surface area contributed by atoms with Crippen LogP contribution in [0.5, 0.6) is 5.75 Å². The maximum absolute atomic E-state index is 5.75. The minimum absolute atomic E-state index is 0.343. The SMILES string of the molecule is CCOc1ccc(C)cc1CCC(C)(C)CNC1CC1. The van der Waals surface area contributed by atoms with E-state index in [-0.39, 0.29) is 0 Å². The molecule has 2 rings (SSSR count). The van der Waals surface area contributed by atoms with Gasteiger partial charge in [-0.05, 0) is 56.6 Å². The summed E-state index contributed by atoms with van der Waals surface area (Å²) in [6.07, 6.45) is 5.01. The van der Waals surface area contributed by atoms with Crippen LogP contribution in [0.25, 0.3) is 0 Å². The summed E-state index contributed by atoms with van der Waals surface area (Å²) in [7, 11) is 0. The van der Waals surface area contributed by atoms with E-state index in [0.717, 1.165) is 31.4 Å². The van der Waals surface area contributed by atoms with Crippen molar-refractivity contribution in [2.75, 3.05) is 13.2 Å². The Hall–Kier alpha value is -1.02. The molecule has 0 unspecified atom stereocenters. The number of hydrogen-bond acceptors (Lipinski definition) is 2. The molecular formula is C18H29NO. The van der Waals surface area contributed by atoms with E-state index in [0.29, 0.717) is 5.41 Å². The maximum atomic E-state index is 5.75. The van der Waals surface area contributed by atoms with Crippen molar-refractivity contribution in [1.82, 2.24) is 5.32 Å². The zero-order valence-electron chi connectivity index (χ0n) is 13.5. The van der Waals surface area contributed by atoms with E-state index in [2.05, 4.69) is 44.3 Å². The van der Waals surface area contributed by atoms with Crippen LogP contribution in [-0.2, 0) is 6.42 Å². The Morgan fingerprint density at radius 1 is 1.30 bits per heavy atom. The second-order valence-corrected chi connectivity index (χ2v) is 6.86. The molecule has 0 bridgehead atoms. The van der Waals surface area contributed by atoms with Crippen LogP contribution in [0.3, 0.4) is 0 Å². The zero-order chi connectivity index (χ0) is 14.6. The van der Waals surface area contributed by atoms with Gasteiger partial charge in [0, 0.05) is 12.6 Å². The predicted octanol–water partition coefficient (Wildman–Crippen LogP) is 4.10. The molecule has 2 nitrogen and oxygen atoms in total. The lowest BCUT2D eigenvalue weighted by atomic mass is 9.85. The van der Waals surface area contributed by atoms with Gasteiger partial charge in [0.15, 0.2) is 0 Å². The third-order valence-corrected chi connectivity index (χ3v) is 4.03. The highest BCUT2D eigenvalue weighted by Gasteiger charge is 2.25. The Labute approximate surface area is 123 Å². The van der Waals surface area contributed by atoms with Gasteiger partial charge in [0.1, 0.15) is 5.75 Å². The van der Waals surface area contributed by atoms with Crippen molar-refractivity contribution < 1.29 is 4.74 Å². The predicted molar refractivity (Wildman–Crippen MR) is 85.5 cm³/mol. The minimum atomic E-state index is 0.343. The zero-order valence-corrected chi connectivity index (χ0v) is 13.5. The molecule has 0 atom stereocenters. The standard InChI is InChI=1S/C18H29NO/c1-5-20-17-9-6-14(2)12-15(17)10-11-18(3,4)13-19-16-7-8-16/h6,9,12,16,19H,5,7-8,10-11,13H2,1-4H3. The molecule has 0 aromatic heterocycles. The molecule has 0 saturated heterocycles. The Morgan fingerprint density at radius 2 is 2.05 bits per heavy atom. The van der Waals surface area contributed by atoms with E-state index >= 15 is 0 Å². The summed E-state index contributed by atoms with van der Waals surface area (Å²) < 4.78 is 5.75. The van der Waals surface area contributed by atoms with Crippen molar-refractivity contribution in [2.24, 2.45) is 5.41 Å². The van der Waals surface area contributed by atoms with Crippen molar-refractivity contribution in [3.05, 3.63) is 29.3 Å². The number of ether oxygens (including phenoxy) is 1. The molecule has 0 heterocycles. The molecule has 1 aliphatic carbocycles. The van der Waals surface area contributed by atoms with Crippen LogP contribution >= 0.6 is 0 Å². The van der Waals surface area contributed by atoms with Crippen LogP contribution in [-0.4, -0.2) is 19.2 Å². The molecule has 0 spiro atoms. The molecule has 0 amide bonds. The quantitative estimate of drug-likeness (QED) is 0.771. The molecule has 0 radical (unpaired) electrons. The van der Waals surface area contributed by atoms with Crippen molar-refractivity contribution in [2.45, 2.75) is 59.4 Å². The van der Waals surface area contributed by atoms with Gasteiger partial charge in [0.05, 0.1) is 6.61 Å². The number of rotatable bonds is 8. The molecule has 112 valence electrons. The third-order valence-electron chi connectivity index (χ3n) is 4.03. The fourth-order valence-corrected chi connectivity index (χ4v) is 2.47. The van der Waals surface area contributed by atoms with Gasteiger partial charge in [-0.25, -0.2) is 0 Å². The summed E-state index contributed by atoms with van der Waals surface area (Å²) in [6, 6.07) is 7.32. The van der Waals surface area contributed by atoms with E-state index in [9.17, 15) is 0 Å². The summed E-state index contributed by atoms with van der Waals surface area (Å²) in [5, 5.41) is 3.65. The average molecular weight is 275 g/mol. The van der Waals surface area contributed by atoms with Crippen LogP contribution < -0.4 is 10.1 Å². The van der Waals surface area contributed by atoms with Crippen LogP contribution in [0.4, 0.5) is 0 Å². The highest BCUT2D eigenvalue weighted by molar-refractivity contribution is 5.37. The summed E-state index contributed by atoms with van der Waals surface area (Å²) in [4.78, 5) is 0. The summed E-state index contributed by atoms with van der Waals surface area (Å²) in [6.45, 7) is 10.8. The minimum Gasteiger partial charge on any atom is -0.494 e. The molecule has 20 heavy (non-hydrogen) atoms. The number of nitrogens with one attached hydrogen (secondary N) is 1. The number of benzene rings is 1. The molecule has 1 aromatic carbocycles. The van der Waals surface area contributed by atoms with Crippen molar-refractivity contribution in [1.29, 1.82) is 0 Å². The Bertz CT molecular complexity index is 435.